The van der Waals surface area contributed by atoms with Gasteiger partial charge in [-0.1, -0.05) is 41.5 Å². The fourth-order valence-electron chi connectivity index (χ4n) is 2.40. The molecular formula is C14H29N. The third-order valence-electron chi connectivity index (χ3n) is 3.98. The van der Waals surface area contributed by atoms with Gasteiger partial charge in [0.2, 0.25) is 0 Å². The lowest BCUT2D eigenvalue weighted by atomic mass is 9.68. The predicted octanol–water partition coefficient (Wildman–Crippen LogP) is 3.84. The molecule has 1 N–H and O–H groups in total. The van der Waals surface area contributed by atoms with Gasteiger partial charge in [0.25, 0.3) is 0 Å². The van der Waals surface area contributed by atoms with E-state index in [1.54, 1.807) is 0 Å². The normalized spacial score (nSPS) is 31.6. The molecule has 90 valence electrons. The molecular weight excluding hydrogens is 182 g/mol. The Morgan fingerprint density at radius 1 is 1.20 bits per heavy atom. The highest BCUT2D eigenvalue weighted by molar-refractivity contribution is 4.88. The Balaban J connectivity index is 2.40. The van der Waals surface area contributed by atoms with Crippen LogP contribution in [0, 0.1) is 16.7 Å². The van der Waals surface area contributed by atoms with Crippen LogP contribution in [-0.2, 0) is 0 Å². The average molecular weight is 211 g/mol. The summed E-state index contributed by atoms with van der Waals surface area (Å²) in [6.45, 7) is 15.3. The van der Waals surface area contributed by atoms with Crippen LogP contribution in [0.25, 0.3) is 0 Å². The van der Waals surface area contributed by atoms with Crippen molar-refractivity contribution >= 4 is 0 Å². The van der Waals surface area contributed by atoms with Crippen molar-refractivity contribution in [3.05, 3.63) is 0 Å². The molecule has 0 bridgehead atoms. The molecule has 1 aliphatic carbocycles. The van der Waals surface area contributed by atoms with Gasteiger partial charge in [-0.25, -0.2) is 0 Å². The summed E-state index contributed by atoms with van der Waals surface area (Å²) in [5, 5.41) is 3.74. The predicted molar refractivity (Wildman–Crippen MR) is 68.0 cm³/mol. The molecule has 1 fully saturated rings. The molecule has 0 saturated heterocycles. The van der Waals surface area contributed by atoms with Crippen LogP contribution in [0.2, 0.25) is 0 Å². The first-order valence-corrected chi connectivity index (χ1v) is 6.44. The SMILES string of the molecule is CC1CC[C@H](NCC(C)(C)C)CC1(C)C. The Bertz CT molecular complexity index is 200. The molecule has 1 saturated carbocycles. The van der Waals surface area contributed by atoms with Crippen molar-refractivity contribution in [1.82, 2.24) is 5.32 Å². The lowest BCUT2D eigenvalue weighted by Crippen LogP contribution is -2.43. The van der Waals surface area contributed by atoms with Crippen LogP contribution in [0.1, 0.15) is 60.8 Å². The van der Waals surface area contributed by atoms with E-state index < -0.39 is 0 Å². The number of hydrogen-bond acceptors (Lipinski definition) is 1. The molecule has 0 radical (unpaired) electrons. The minimum Gasteiger partial charge on any atom is -0.313 e. The van der Waals surface area contributed by atoms with Gasteiger partial charge in [-0.3, -0.25) is 0 Å². The average Bonchev–Trinajstić information content (AvgIpc) is 2.06. The van der Waals surface area contributed by atoms with Gasteiger partial charge in [0.1, 0.15) is 0 Å². The maximum Gasteiger partial charge on any atom is 0.00725 e. The molecule has 0 aromatic rings. The topological polar surface area (TPSA) is 12.0 Å². The van der Waals surface area contributed by atoms with E-state index in [1.165, 1.54) is 19.3 Å². The maximum absolute atomic E-state index is 3.74. The Labute approximate surface area is 96.0 Å². The van der Waals surface area contributed by atoms with Gasteiger partial charge in [0.15, 0.2) is 0 Å². The van der Waals surface area contributed by atoms with Crippen LogP contribution in [0.5, 0.6) is 0 Å². The van der Waals surface area contributed by atoms with E-state index in [1.807, 2.05) is 0 Å². The first-order valence-electron chi connectivity index (χ1n) is 6.44. The summed E-state index contributed by atoms with van der Waals surface area (Å²) < 4.78 is 0. The minimum atomic E-state index is 0.410. The van der Waals surface area contributed by atoms with Gasteiger partial charge < -0.3 is 5.32 Å². The second-order valence-corrected chi connectivity index (χ2v) is 7.31. The monoisotopic (exact) mass is 211 g/mol. The molecule has 0 amide bonds. The fraction of sp³-hybridized carbons (Fsp3) is 1.00. The lowest BCUT2D eigenvalue weighted by molar-refractivity contribution is 0.119. The molecule has 0 aromatic carbocycles. The van der Waals surface area contributed by atoms with Gasteiger partial charge in [0.05, 0.1) is 0 Å². The summed E-state index contributed by atoms with van der Waals surface area (Å²) in [5.41, 5.74) is 0.932. The summed E-state index contributed by atoms with van der Waals surface area (Å²) in [7, 11) is 0. The zero-order chi connectivity index (χ0) is 11.7. The van der Waals surface area contributed by atoms with Crippen LogP contribution < -0.4 is 5.32 Å². The molecule has 0 spiro atoms. The highest BCUT2D eigenvalue weighted by atomic mass is 14.9. The first kappa shape index (κ1) is 13.0. The Hall–Kier alpha value is -0.0400. The van der Waals surface area contributed by atoms with Crippen molar-refractivity contribution < 1.29 is 0 Å². The van der Waals surface area contributed by atoms with E-state index in [0.717, 1.165) is 18.5 Å². The third-order valence-corrected chi connectivity index (χ3v) is 3.98. The standard InChI is InChI=1S/C14H29N/c1-11-7-8-12(9-14(11,5)6)15-10-13(2,3)4/h11-12,15H,7-10H2,1-6H3/t11?,12-/m0/s1. The van der Waals surface area contributed by atoms with Crippen molar-refractivity contribution in [2.24, 2.45) is 16.7 Å². The largest absolute Gasteiger partial charge is 0.313 e. The van der Waals surface area contributed by atoms with Gasteiger partial charge in [0, 0.05) is 12.6 Å². The highest BCUT2D eigenvalue weighted by Gasteiger charge is 2.33. The fourth-order valence-corrected chi connectivity index (χ4v) is 2.40. The zero-order valence-electron chi connectivity index (χ0n) is 11.5. The molecule has 1 nitrogen and oxygen atoms in total. The smallest absolute Gasteiger partial charge is 0.00725 e. The second kappa shape index (κ2) is 4.45. The van der Waals surface area contributed by atoms with Crippen molar-refractivity contribution in [2.75, 3.05) is 6.54 Å². The van der Waals surface area contributed by atoms with E-state index in [2.05, 4.69) is 46.9 Å². The van der Waals surface area contributed by atoms with Crippen LogP contribution in [-0.4, -0.2) is 12.6 Å². The summed E-state index contributed by atoms with van der Waals surface area (Å²) in [5.74, 6) is 0.880. The van der Waals surface area contributed by atoms with E-state index in [0.29, 0.717) is 10.8 Å². The van der Waals surface area contributed by atoms with Crippen molar-refractivity contribution in [1.29, 1.82) is 0 Å². The van der Waals surface area contributed by atoms with Gasteiger partial charge in [-0.2, -0.15) is 0 Å². The van der Waals surface area contributed by atoms with E-state index in [-0.39, 0.29) is 0 Å². The van der Waals surface area contributed by atoms with Crippen LogP contribution in [0.4, 0.5) is 0 Å². The van der Waals surface area contributed by atoms with E-state index >= 15 is 0 Å². The zero-order valence-corrected chi connectivity index (χ0v) is 11.5. The van der Waals surface area contributed by atoms with Crippen LogP contribution in [0.3, 0.4) is 0 Å². The van der Waals surface area contributed by atoms with Gasteiger partial charge in [-0.15, -0.1) is 0 Å². The molecule has 1 heteroatoms. The van der Waals surface area contributed by atoms with Gasteiger partial charge >= 0.3 is 0 Å². The molecule has 0 heterocycles. The quantitative estimate of drug-likeness (QED) is 0.732. The molecule has 2 atom stereocenters. The first-order chi connectivity index (χ1) is 6.71. The molecule has 1 unspecified atom stereocenters. The Morgan fingerprint density at radius 3 is 2.27 bits per heavy atom. The highest BCUT2D eigenvalue weighted by Crippen LogP contribution is 2.40. The van der Waals surface area contributed by atoms with Crippen molar-refractivity contribution in [3.63, 3.8) is 0 Å². The Kier molecular flexibility index (Phi) is 3.86. The lowest BCUT2D eigenvalue weighted by Gasteiger charge is -2.41. The molecule has 1 rings (SSSR count). The maximum atomic E-state index is 3.74. The summed E-state index contributed by atoms with van der Waals surface area (Å²) >= 11 is 0. The summed E-state index contributed by atoms with van der Waals surface area (Å²) in [4.78, 5) is 0. The minimum absolute atomic E-state index is 0.410. The second-order valence-electron chi connectivity index (χ2n) is 7.31. The van der Waals surface area contributed by atoms with E-state index in [4.69, 9.17) is 0 Å². The van der Waals surface area contributed by atoms with Crippen LogP contribution >= 0.6 is 0 Å². The number of hydrogen-bond donors (Lipinski definition) is 1. The third kappa shape index (κ3) is 4.14. The molecule has 0 aromatic heterocycles. The van der Waals surface area contributed by atoms with Crippen molar-refractivity contribution in [3.8, 4) is 0 Å². The summed E-state index contributed by atoms with van der Waals surface area (Å²) in [6, 6.07) is 0.746. The van der Waals surface area contributed by atoms with Gasteiger partial charge in [-0.05, 0) is 36.0 Å². The number of nitrogens with one attached hydrogen (secondary N) is 1. The van der Waals surface area contributed by atoms with E-state index in [9.17, 15) is 0 Å². The number of rotatable bonds is 2. The molecule has 1 aliphatic rings. The van der Waals surface area contributed by atoms with Crippen molar-refractivity contribution in [2.45, 2.75) is 66.8 Å². The summed E-state index contributed by atoms with van der Waals surface area (Å²) in [6.07, 6.45) is 4.08. The molecule has 0 aliphatic heterocycles. The Morgan fingerprint density at radius 2 is 1.80 bits per heavy atom. The van der Waals surface area contributed by atoms with Crippen LogP contribution in [0.15, 0.2) is 0 Å². The molecule has 15 heavy (non-hydrogen) atoms.